The van der Waals surface area contributed by atoms with E-state index in [1.165, 1.54) is 0 Å². The molecule has 0 bridgehead atoms. The summed E-state index contributed by atoms with van der Waals surface area (Å²) < 4.78 is 10.3. The first-order valence-electron chi connectivity index (χ1n) is 5.34. The molecule has 1 aliphatic rings. The van der Waals surface area contributed by atoms with Gasteiger partial charge in [0.1, 0.15) is 11.9 Å². The molecule has 1 unspecified atom stereocenters. The van der Waals surface area contributed by atoms with E-state index in [1.54, 1.807) is 6.92 Å². The molecule has 0 spiro atoms. The van der Waals surface area contributed by atoms with Gasteiger partial charge in [-0.05, 0) is 20.3 Å². The molecule has 0 radical (unpaired) electrons. The van der Waals surface area contributed by atoms with E-state index in [4.69, 9.17) is 9.47 Å². The van der Waals surface area contributed by atoms with Gasteiger partial charge in [-0.3, -0.25) is 0 Å². The van der Waals surface area contributed by atoms with Crippen LogP contribution in [0.1, 0.15) is 33.6 Å². The lowest BCUT2D eigenvalue weighted by molar-refractivity contribution is -0.140. The monoisotopic (exact) mass is 224 g/mol. The van der Waals surface area contributed by atoms with Crippen molar-refractivity contribution in [3.05, 3.63) is 23.5 Å². The lowest BCUT2D eigenvalue weighted by atomic mass is 10.1. The van der Waals surface area contributed by atoms with Crippen molar-refractivity contribution in [3.63, 3.8) is 0 Å². The summed E-state index contributed by atoms with van der Waals surface area (Å²) in [5.41, 5.74) is 0.784. The van der Waals surface area contributed by atoms with E-state index in [-0.39, 0.29) is 6.10 Å². The molecule has 0 N–H and O–H groups in total. The van der Waals surface area contributed by atoms with Gasteiger partial charge in [-0.15, -0.1) is 0 Å². The third-order valence-electron chi connectivity index (χ3n) is 2.40. The number of ether oxygens (including phenoxy) is 2. The molecule has 1 atom stereocenters. The van der Waals surface area contributed by atoms with Crippen molar-refractivity contribution in [1.82, 2.24) is 0 Å². The Bertz CT molecular complexity index is 352. The molecular formula is C12H16O4. The Morgan fingerprint density at radius 2 is 1.88 bits per heavy atom. The van der Waals surface area contributed by atoms with Crippen LogP contribution in [0.3, 0.4) is 0 Å². The molecule has 1 aliphatic heterocycles. The summed E-state index contributed by atoms with van der Waals surface area (Å²) in [6.07, 6.45) is 3.33. The van der Waals surface area contributed by atoms with Gasteiger partial charge in [0.2, 0.25) is 0 Å². The van der Waals surface area contributed by atoms with E-state index in [0.717, 1.165) is 24.1 Å². The summed E-state index contributed by atoms with van der Waals surface area (Å²) in [7, 11) is 0. The summed E-state index contributed by atoms with van der Waals surface area (Å²) in [5.74, 6) is -0.463. The zero-order valence-corrected chi connectivity index (χ0v) is 9.78. The van der Waals surface area contributed by atoms with Crippen LogP contribution in [0.5, 0.6) is 0 Å². The number of esters is 2. The fraction of sp³-hybridized carbons (Fsp3) is 0.500. The predicted molar refractivity (Wildman–Crippen MR) is 58.4 cm³/mol. The van der Waals surface area contributed by atoms with Crippen LogP contribution in [-0.2, 0) is 19.1 Å². The van der Waals surface area contributed by atoms with E-state index < -0.39 is 11.9 Å². The van der Waals surface area contributed by atoms with Gasteiger partial charge in [0.25, 0.3) is 0 Å². The highest BCUT2D eigenvalue weighted by molar-refractivity contribution is 5.92. The highest BCUT2D eigenvalue weighted by Crippen LogP contribution is 2.19. The minimum Gasteiger partial charge on any atom is -0.455 e. The van der Waals surface area contributed by atoms with Gasteiger partial charge >= 0.3 is 11.9 Å². The SMILES string of the molecule is CCC/C1=C(\C)C(C)OC(=O)/C=C\C(=O)O1. The number of carbonyl (C=O) groups is 2. The topological polar surface area (TPSA) is 52.6 Å². The normalized spacial score (nSPS) is 28.6. The molecule has 4 heteroatoms. The van der Waals surface area contributed by atoms with E-state index in [1.807, 2.05) is 13.8 Å². The maximum absolute atomic E-state index is 11.3. The van der Waals surface area contributed by atoms with Crippen molar-refractivity contribution in [3.8, 4) is 0 Å². The Kier molecular flexibility index (Phi) is 4.28. The minimum atomic E-state index is -0.533. The van der Waals surface area contributed by atoms with Crippen LogP contribution in [0.4, 0.5) is 0 Å². The standard InChI is InChI=1S/C12H16O4/c1-4-5-10-8(2)9(3)15-11(13)6-7-12(14)16-10/h6-7,9H,4-5H2,1-3H3/b7-6-,10-8-. The number of allylic oxidation sites excluding steroid dienone is 1. The van der Waals surface area contributed by atoms with Crippen LogP contribution in [0.15, 0.2) is 23.5 Å². The van der Waals surface area contributed by atoms with Crippen molar-refractivity contribution in [2.24, 2.45) is 0 Å². The molecule has 16 heavy (non-hydrogen) atoms. The smallest absolute Gasteiger partial charge is 0.336 e. The number of cyclic esters (lactones) is 2. The second-order valence-electron chi connectivity index (χ2n) is 3.69. The van der Waals surface area contributed by atoms with Crippen molar-refractivity contribution in [2.75, 3.05) is 0 Å². The molecule has 1 heterocycles. The maximum Gasteiger partial charge on any atom is 0.336 e. The van der Waals surface area contributed by atoms with Crippen molar-refractivity contribution in [2.45, 2.75) is 39.7 Å². The van der Waals surface area contributed by atoms with Crippen molar-refractivity contribution < 1.29 is 19.1 Å². The van der Waals surface area contributed by atoms with Crippen LogP contribution < -0.4 is 0 Å². The van der Waals surface area contributed by atoms with Gasteiger partial charge in [0.05, 0.1) is 0 Å². The molecule has 88 valence electrons. The summed E-state index contributed by atoms with van der Waals surface area (Å²) >= 11 is 0. The molecule has 0 aromatic rings. The Morgan fingerprint density at radius 3 is 2.50 bits per heavy atom. The van der Waals surface area contributed by atoms with Gasteiger partial charge < -0.3 is 9.47 Å². The van der Waals surface area contributed by atoms with E-state index in [2.05, 4.69) is 0 Å². The Hall–Kier alpha value is -1.58. The highest BCUT2D eigenvalue weighted by atomic mass is 16.6. The highest BCUT2D eigenvalue weighted by Gasteiger charge is 2.18. The van der Waals surface area contributed by atoms with Crippen molar-refractivity contribution in [1.29, 1.82) is 0 Å². The molecule has 1 rings (SSSR count). The van der Waals surface area contributed by atoms with Crippen LogP contribution in [0.2, 0.25) is 0 Å². The fourth-order valence-electron chi connectivity index (χ4n) is 1.38. The summed E-state index contributed by atoms with van der Waals surface area (Å²) in [6.45, 7) is 5.56. The molecule has 0 saturated heterocycles. The zero-order valence-electron chi connectivity index (χ0n) is 9.78. The van der Waals surface area contributed by atoms with Crippen LogP contribution in [-0.4, -0.2) is 18.0 Å². The van der Waals surface area contributed by atoms with E-state index in [9.17, 15) is 9.59 Å². The Labute approximate surface area is 94.9 Å². The number of hydrogen-bond donors (Lipinski definition) is 0. The van der Waals surface area contributed by atoms with E-state index >= 15 is 0 Å². The molecule has 0 aliphatic carbocycles. The Balaban J connectivity index is 3.01. The van der Waals surface area contributed by atoms with Gasteiger partial charge in [0, 0.05) is 24.1 Å². The van der Waals surface area contributed by atoms with Gasteiger partial charge in [-0.25, -0.2) is 9.59 Å². The maximum atomic E-state index is 11.3. The summed E-state index contributed by atoms with van der Waals surface area (Å²) in [4.78, 5) is 22.5. The second kappa shape index (κ2) is 5.49. The largest absolute Gasteiger partial charge is 0.455 e. The van der Waals surface area contributed by atoms with Crippen LogP contribution in [0.25, 0.3) is 0 Å². The lowest BCUT2D eigenvalue weighted by Crippen LogP contribution is -2.15. The third kappa shape index (κ3) is 3.22. The van der Waals surface area contributed by atoms with Gasteiger partial charge in [-0.1, -0.05) is 6.92 Å². The third-order valence-corrected chi connectivity index (χ3v) is 2.40. The number of rotatable bonds is 2. The zero-order chi connectivity index (χ0) is 12.1. The van der Waals surface area contributed by atoms with E-state index in [0.29, 0.717) is 12.2 Å². The lowest BCUT2D eigenvalue weighted by Gasteiger charge is -2.15. The molecular weight excluding hydrogens is 208 g/mol. The molecule has 0 aromatic heterocycles. The Morgan fingerprint density at radius 1 is 1.25 bits per heavy atom. The average molecular weight is 224 g/mol. The van der Waals surface area contributed by atoms with Gasteiger partial charge in [0.15, 0.2) is 0 Å². The predicted octanol–water partition coefficient (Wildman–Crippen LogP) is 2.11. The van der Waals surface area contributed by atoms with Crippen LogP contribution >= 0.6 is 0 Å². The quantitative estimate of drug-likeness (QED) is 0.674. The van der Waals surface area contributed by atoms with Crippen LogP contribution in [0, 0.1) is 0 Å². The molecule has 4 nitrogen and oxygen atoms in total. The second-order valence-corrected chi connectivity index (χ2v) is 3.69. The number of hydrogen-bond acceptors (Lipinski definition) is 4. The molecule has 0 saturated carbocycles. The fourth-order valence-corrected chi connectivity index (χ4v) is 1.38. The molecule has 0 aromatic carbocycles. The minimum absolute atomic E-state index is 0.371. The summed E-state index contributed by atoms with van der Waals surface area (Å²) in [5, 5.41) is 0. The first-order chi connectivity index (χ1) is 7.54. The average Bonchev–Trinajstić information content (AvgIpc) is 2.27. The molecule has 0 fully saturated rings. The molecule has 0 amide bonds. The number of carbonyl (C=O) groups excluding carboxylic acids is 2. The van der Waals surface area contributed by atoms with Gasteiger partial charge in [-0.2, -0.15) is 0 Å². The summed E-state index contributed by atoms with van der Waals surface area (Å²) in [6, 6.07) is 0. The first-order valence-corrected chi connectivity index (χ1v) is 5.34. The first kappa shape index (κ1) is 12.5. The van der Waals surface area contributed by atoms with Crippen molar-refractivity contribution >= 4 is 11.9 Å².